The highest BCUT2D eigenvalue weighted by molar-refractivity contribution is 8.01. The van der Waals surface area contributed by atoms with Crippen LogP contribution in [0.25, 0.3) is 0 Å². The standard InChI is InChI=1S/C9H6F3N5OS2/c1-4-2-3-13-5(14-4)6(18)15-7-16-17-8(19-7)20-9(10,11)12/h2-3H,1H3,(H,15,16,18). The van der Waals surface area contributed by atoms with Crippen molar-refractivity contribution in [3.63, 3.8) is 0 Å². The Morgan fingerprint density at radius 3 is 2.80 bits per heavy atom. The number of halogens is 3. The highest BCUT2D eigenvalue weighted by Crippen LogP contribution is 2.39. The highest BCUT2D eigenvalue weighted by atomic mass is 32.2. The predicted molar refractivity (Wildman–Crippen MR) is 66.5 cm³/mol. The summed E-state index contributed by atoms with van der Waals surface area (Å²) in [5.74, 6) is -0.751. The minimum Gasteiger partial charge on any atom is -0.294 e. The van der Waals surface area contributed by atoms with Gasteiger partial charge in [-0.3, -0.25) is 10.1 Å². The number of aryl methyl sites for hydroxylation is 1. The number of carbonyl (C=O) groups excluding carboxylic acids is 1. The maximum Gasteiger partial charge on any atom is 0.448 e. The summed E-state index contributed by atoms with van der Waals surface area (Å²) in [5, 5.41) is 9.01. The van der Waals surface area contributed by atoms with E-state index in [2.05, 4.69) is 25.5 Å². The van der Waals surface area contributed by atoms with Gasteiger partial charge < -0.3 is 0 Å². The Morgan fingerprint density at radius 2 is 2.15 bits per heavy atom. The third-order valence-corrected chi connectivity index (χ3v) is 3.45. The molecule has 0 radical (unpaired) electrons. The van der Waals surface area contributed by atoms with E-state index >= 15 is 0 Å². The van der Waals surface area contributed by atoms with Crippen molar-refractivity contribution in [3.05, 3.63) is 23.8 Å². The zero-order valence-corrected chi connectivity index (χ0v) is 11.4. The summed E-state index contributed by atoms with van der Waals surface area (Å²) in [6.07, 6.45) is 1.41. The fourth-order valence-electron chi connectivity index (χ4n) is 1.11. The molecule has 1 amide bonds. The number of aromatic nitrogens is 4. The van der Waals surface area contributed by atoms with E-state index in [1.54, 1.807) is 13.0 Å². The first-order chi connectivity index (χ1) is 9.33. The second kappa shape index (κ2) is 5.71. The number of thioether (sulfide) groups is 1. The molecule has 0 spiro atoms. The van der Waals surface area contributed by atoms with Crippen LogP contribution in [-0.2, 0) is 0 Å². The lowest BCUT2D eigenvalue weighted by molar-refractivity contribution is -0.0328. The minimum absolute atomic E-state index is 0.0492. The molecule has 0 aliphatic carbocycles. The van der Waals surface area contributed by atoms with Gasteiger partial charge in [0.1, 0.15) is 0 Å². The maximum atomic E-state index is 12.1. The van der Waals surface area contributed by atoms with Crippen molar-refractivity contribution in [1.82, 2.24) is 20.2 Å². The quantitative estimate of drug-likeness (QED) is 0.691. The molecule has 2 heterocycles. The van der Waals surface area contributed by atoms with Crippen LogP contribution >= 0.6 is 23.1 Å². The Bertz CT molecular complexity index is 630. The average Bonchev–Trinajstić information content (AvgIpc) is 2.74. The lowest BCUT2D eigenvalue weighted by Crippen LogP contribution is -2.15. The Labute approximate surface area is 118 Å². The largest absolute Gasteiger partial charge is 0.448 e. The van der Waals surface area contributed by atoms with Crippen LogP contribution in [0.4, 0.5) is 18.3 Å². The van der Waals surface area contributed by atoms with Crippen molar-refractivity contribution in [1.29, 1.82) is 0 Å². The zero-order valence-electron chi connectivity index (χ0n) is 9.80. The van der Waals surface area contributed by atoms with Gasteiger partial charge in [-0.2, -0.15) is 13.2 Å². The monoisotopic (exact) mass is 321 g/mol. The summed E-state index contributed by atoms with van der Waals surface area (Å²) in [4.78, 5) is 19.4. The van der Waals surface area contributed by atoms with Gasteiger partial charge in [-0.1, -0.05) is 11.3 Å². The van der Waals surface area contributed by atoms with E-state index in [-0.39, 0.29) is 15.3 Å². The Balaban J connectivity index is 2.05. The Morgan fingerprint density at radius 1 is 1.40 bits per heavy atom. The van der Waals surface area contributed by atoms with E-state index in [9.17, 15) is 18.0 Å². The molecule has 106 valence electrons. The van der Waals surface area contributed by atoms with Crippen LogP contribution in [0.15, 0.2) is 16.6 Å². The van der Waals surface area contributed by atoms with Gasteiger partial charge in [-0.25, -0.2) is 9.97 Å². The molecule has 11 heteroatoms. The van der Waals surface area contributed by atoms with E-state index in [1.807, 2.05) is 0 Å². The first-order valence-electron chi connectivity index (χ1n) is 5.04. The Kier molecular flexibility index (Phi) is 4.18. The molecule has 0 aliphatic rings. The molecular formula is C9H6F3N5OS2. The van der Waals surface area contributed by atoms with E-state index in [0.717, 1.165) is 0 Å². The molecule has 0 aliphatic heterocycles. The number of hydrogen-bond donors (Lipinski definition) is 1. The van der Waals surface area contributed by atoms with Gasteiger partial charge in [0.25, 0.3) is 5.91 Å². The number of nitrogens with zero attached hydrogens (tertiary/aromatic N) is 4. The average molecular weight is 321 g/mol. The van der Waals surface area contributed by atoms with Crippen LogP contribution in [0.1, 0.15) is 16.3 Å². The zero-order chi connectivity index (χ0) is 14.8. The van der Waals surface area contributed by atoms with E-state index in [1.165, 1.54) is 6.20 Å². The van der Waals surface area contributed by atoms with Gasteiger partial charge >= 0.3 is 5.51 Å². The topological polar surface area (TPSA) is 80.7 Å². The SMILES string of the molecule is Cc1ccnc(C(=O)Nc2nnc(SC(F)(F)F)s2)n1. The molecule has 1 N–H and O–H groups in total. The van der Waals surface area contributed by atoms with Gasteiger partial charge in [-0.05, 0) is 13.0 Å². The number of hydrogen-bond acceptors (Lipinski definition) is 7. The normalized spacial score (nSPS) is 11.4. The summed E-state index contributed by atoms with van der Waals surface area (Å²) in [6.45, 7) is 1.68. The number of alkyl halides is 3. The summed E-state index contributed by atoms with van der Waals surface area (Å²) in [5.41, 5.74) is -3.85. The number of nitrogens with one attached hydrogen (secondary N) is 1. The van der Waals surface area contributed by atoms with Crippen molar-refractivity contribution in [2.24, 2.45) is 0 Å². The highest BCUT2D eigenvalue weighted by Gasteiger charge is 2.31. The first kappa shape index (κ1) is 14.7. The third kappa shape index (κ3) is 4.13. The van der Waals surface area contributed by atoms with Crippen LogP contribution in [0.2, 0.25) is 0 Å². The predicted octanol–water partition coefficient (Wildman–Crippen LogP) is 2.50. The second-order valence-corrected chi connectivity index (χ2v) is 5.69. The second-order valence-electron chi connectivity index (χ2n) is 3.40. The Hall–Kier alpha value is -1.75. The maximum absolute atomic E-state index is 12.1. The van der Waals surface area contributed by atoms with Crippen molar-refractivity contribution in [2.75, 3.05) is 5.32 Å². The molecule has 0 unspecified atom stereocenters. The van der Waals surface area contributed by atoms with Crippen molar-refractivity contribution < 1.29 is 18.0 Å². The van der Waals surface area contributed by atoms with Crippen molar-refractivity contribution in [2.45, 2.75) is 16.8 Å². The molecule has 20 heavy (non-hydrogen) atoms. The van der Waals surface area contributed by atoms with Gasteiger partial charge in [0.2, 0.25) is 11.0 Å². The minimum atomic E-state index is -4.44. The summed E-state index contributed by atoms with van der Waals surface area (Å²) in [7, 11) is 0. The molecule has 0 atom stereocenters. The van der Waals surface area contributed by atoms with Gasteiger partial charge in [0.15, 0.2) is 4.34 Å². The van der Waals surface area contributed by atoms with Gasteiger partial charge in [-0.15, -0.1) is 10.2 Å². The molecule has 0 saturated carbocycles. The lowest BCUT2D eigenvalue weighted by Gasteiger charge is -2.00. The fourth-order valence-corrected chi connectivity index (χ4v) is 2.55. The van der Waals surface area contributed by atoms with E-state index < -0.39 is 23.2 Å². The summed E-state index contributed by atoms with van der Waals surface area (Å²) in [6, 6.07) is 1.61. The lowest BCUT2D eigenvalue weighted by atomic mass is 10.4. The van der Waals surface area contributed by atoms with Crippen LogP contribution < -0.4 is 5.32 Å². The number of anilines is 1. The van der Waals surface area contributed by atoms with Crippen LogP contribution in [-0.4, -0.2) is 31.6 Å². The smallest absolute Gasteiger partial charge is 0.294 e. The van der Waals surface area contributed by atoms with Crippen molar-refractivity contribution >= 4 is 34.1 Å². The first-order valence-corrected chi connectivity index (χ1v) is 6.67. The summed E-state index contributed by atoms with van der Waals surface area (Å²) < 4.78 is 36.0. The molecule has 0 fully saturated rings. The molecule has 2 aromatic rings. The van der Waals surface area contributed by atoms with Crippen LogP contribution in [0.5, 0.6) is 0 Å². The van der Waals surface area contributed by atoms with E-state index in [4.69, 9.17) is 0 Å². The third-order valence-electron chi connectivity index (χ3n) is 1.83. The molecular weight excluding hydrogens is 315 g/mol. The van der Waals surface area contributed by atoms with Crippen molar-refractivity contribution in [3.8, 4) is 0 Å². The van der Waals surface area contributed by atoms with E-state index in [0.29, 0.717) is 17.0 Å². The molecule has 2 rings (SSSR count). The molecule has 0 aromatic carbocycles. The van der Waals surface area contributed by atoms with Gasteiger partial charge in [0.05, 0.1) is 0 Å². The number of amides is 1. The fraction of sp³-hybridized carbons (Fsp3) is 0.222. The molecule has 0 bridgehead atoms. The summed E-state index contributed by atoms with van der Waals surface area (Å²) >= 11 is 0.229. The number of rotatable bonds is 3. The molecule has 2 aromatic heterocycles. The van der Waals surface area contributed by atoms with Gasteiger partial charge in [0, 0.05) is 23.7 Å². The molecule has 6 nitrogen and oxygen atoms in total. The van der Waals surface area contributed by atoms with Crippen LogP contribution in [0.3, 0.4) is 0 Å². The number of carbonyl (C=O) groups is 1. The van der Waals surface area contributed by atoms with Crippen LogP contribution in [0, 0.1) is 6.92 Å². The molecule has 0 saturated heterocycles.